The van der Waals surface area contributed by atoms with Crippen molar-refractivity contribution in [2.24, 2.45) is 7.05 Å². The van der Waals surface area contributed by atoms with Crippen molar-refractivity contribution in [3.63, 3.8) is 0 Å². The Morgan fingerprint density at radius 1 is 1.17 bits per heavy atom. The third-order valence-electron chi connectivity index (χ3n) is 5.42. The van der Waals surface area contributed by atoms with Gasteiger partial charge >= 0.3 is 0 Å². The lowest BCUT2D eigenvalue weighted by molar-refractivity contribution is 0.0984. The van der Waals surface area contributed by atoms with Crippen LogP contribution in [0.5, 0.6) is 5.75 Å². The number of carbonyl (C=O) groups is 1. The molecule has 13 heteroatoms. The second kappa shape index (κ2) is 9.57. The van der Waals surface area contributed by atoms with Crippen LogP contribution in [0, 0.1) is 0 Å². The lowest BCUT2D eigenvalue weighted by Gasteiger charge is -2.06. The lowest BCUT2D eigenvalue weighted by atomic mass is 10.1. The molecule has 0 unspecified atom stereocenters. The van der Waals surface area contributed by atoms with Crippen LogP contribution in [0.1, 0.15) is 28.2 Å². The highest BCUT2D eigenvalue weighted by molar-refractivity contribution is 7.19. The molecule has 0 aliphatic rings. The first-order chi connectivity index (χ1) is 17.3. The highest BCUT2D eigenvalue weighted by Gasteiger charge is 2.25. The molecular formula is C23H16Cl2F2N6O2S. The number of ketones is 1. The van der Waals surface area contributed by atoms with Crippen molar-refractivity contribution in [1.29, 1.82) is 0 Å². The van der Waals surface area contributed by atoms with Gasteiger partial charge < -0.3 is 4.74 Å². The van der Waals surface area contributed by atoms with Crippen LogP contribution in [0.25, 0.3) is 27.6 Å². The van der Waals surface area contributed by atoms with E-state index in [1.807, 2.05) is 18.2 Å². The summed E-state index contributed by atoms with van der Waals surface area (Å²) in [5.41, 5.74) is 1.76. The SMILES string of the molecule is COc1ccccc1-c1nc2cc(CC(=O)c3c(-c4nc(C(F)F)c(Cl)s4)cnn3C)cc(Cl)n2n1. The number of para-hydroxylation sites is 1. The van der Waals surface area contributed by atoms with Gasteiger partial charge in [0.1, 0.15) is 31.6 Å². The van der Waals surface area contributed by atoms with Crippen LogP contribution in [-0.4, -0.2) is 42.3 Å². The third kappa shape index (κ3) is 4.34. The molecule has 184 valence electrons. The fraction of sp³-hybridized carbons (Fsp3) is 0.174. The van der Waals surface area contributed by atoms with E-state index in [1.54, 1.807) is 32.4 Å². The molecule has 4 aromatic heterocycles. The van der Waals surface area contributed by atoms with Crippen molar-refractivity contribution in [2.75, 3.05) is 7.11 Å². The normalized spacial score (nSPS) is 11.5. The molecule has 8 nitrogen and oxygen atoms in total. The first-order valence-corrected chi connectivity index (χ1v) is 12.0. The number of halogens is 4. The van der Waals surface area contributed by atoms with Crippen LogP contribution in [0.3, 0.4) is 0 Å². The summed E-state index contributed by atoms with van der Waals surface area (Å²) < 4.78 is 34.4. The zero-order valence-corrected chi connectivity index (χ0v) is 21.1. The molecule has 0 bridgehead atoms. The Bertz CT molecular complexity index is 1610. The Morgan fingerprint density at radius 3 is 2.67 bits per heavy atom. The Balaban J connectivity index is 1.48. The molecule has 0 spiro atoms. The predicted molar refractivity (Wildman–Crippen MR) is 132 cm³/mol. The van der Waals surface area contributed by atoms with Crippen molar-refractivity contribution >= 4 is 46.0 Å². The molecule has 0 N–H and O–H groups in total. The number of aryl methyl sites for hydroxylation is 1. The molecule has 0 fully saturated rings. The summed E-state index contributed by atoms with van der Waals surface area (Å²) in [6, 6.07) is 10.7. The summed E-state index contributed by atoms with van der Waals surface area (Å²) in [6.07, 6.45) is -1.46. The van der Waals surface area contributed by atoms with Gasteiger partial charge in [0, 0.05) is 13.5 Å². The number of rotatable bonds is 7. The molecule has 0 aliphatic carbocycles. The number of alkyl halides is 2. The van der Waals surface area contributed by atoms with E-state index >= 15 is 0 Å². The molecule has 0 saturated heterocycles. The minimum Gasteiger partial charge on any atom is -0.496 e. The highest BCUT2D eigenvalue weighted by atomic mass is 35.5. The Morgan fingerprint density at radius 2 is 1.94 bits per heavy atom. The smallest absolute Gasteiger partial charge is 0.282 e. The Labute approximate surface area is 217 Å². The van der Waals surface area contributed by atoms with E-state index < -0.39 is 12.1 Å². The monoisotopic (exact) mass is 548 g/mol. The summed E-state index contributed by atoms with van der Waals surface area (Å²) in [5, 5.41) is 9.06. The van der Waals surface area contributed by atoms with Crippen LogP contribution in [0.15, 0.2) is 42.6 Å². The first kappa shape index (κ1) is 24.3. The summed E-state index contributed by atoms with van der Waals surface area (Å²) in [7, 11) is 3.15. The van der Waals surface area contributed by atoms with Crippen molar-refractivity contribution in [3.8, 4) is 27.7 Å². The van der Waals surface area contributed by atoms with Gasteiger partial charge in [-0.2, -0.15) is 5.10 Å². The average Bonchev–Trinajstić information content (AvgIpc) is 3.55. The van der Waals surface area contributed by atoms with Crippen LogP contribution in [0.2, 0.25) is 9.49 Å². The fourth-order valence-electron chi connectivity index (χ4n) is 3.80. The quantitative estimate of drug-likeness (QED) is 0.185. The molecule has 0 atom stereocenters. The van der Waals surface area contributed by atoms with Gasteiger partial charge in [-0.3, -0.25) is 9.48 Å². The number of hydrogen-bond acceptors (Lipinski definition) is 7. The number of nitrogens with zero attached hydrogens (tertiary/aromatic N) is 6. The molecule has 1 aromatic carbocycles. The third-order valence-corrected chi connectivity index (χ3v) is 7.00. The van der Waals surface area contributed by atoms with Gasteiger partial charge in [0.05, 0.1) is 24.4 Å². The molecule has 0 aliphatic heterocycles. The zero-order valence-electron chi connectivity index (χ0n) is 18.7. The number of benzene rings is 1. The molecule has 4 heterocycles. The molecule has 5 aromatic rings. The minimum atomic E-state index is -2.82. The van der Waals surface area contributed by atoms with E-state index in [-0.39, 0.29) is 32.4 Å². The maximum atomic E-state index is 13.3. The van der Waals surface area contributed by atoms with Crippen molar-refractivity contribution in [2.45, 2.75) is 12.8 Å². The number of aromatic nitrogens is 6. The van der Waals surface area contributed by atoms with E-state index in [0.29, 0.717) is 33.9 Å². The highest BCUT2D eigenvalue weighted by Crippen LogP contribution is 2.38. The topological polar surface area (TPSA) is 87.2 Å². The Kier molecular flexibility index (Phi) is 6.45. The van der Waals surface area contributed by atoms with E-state index in [0.717, 1.165) is 11.3 Å². The number of thiazole rings is 1. The molecule has 0 radical (unpaired) electrons. The second-order valence-corrected chi connectivity index (χ2v) is 9.69. The van der Waals surface area contributed by atoms with Crippen molar-refractivity contribution < 1.29 is 18.3 Å². The van der Waals surface area contributed by atoms with Gasteiger partial charge in [-0.05, 0) is 29.8 Å². The van der Waals surface area contributed by atoms with Crippen LogP contribution < -0.4 is 4.74 Å². The number of hydrogen-bond donors (Lipinski definition) is 0. The predicted octanol–water partition coefficient (Wildman–Crippen LogP) is 5.93. The number of ether oxygens (including phenoxy) is 1. The molecule has 0 saturated carbocycles. The van der Waals surface area contributed by atoms with Gasteiger partial charge in [-0.1, -0.05) is 35.3 Å². The summed E-state index contributed by atoms with van der Waals surface area (Å²) >= 11 is 13.3. The van der Waals surface area contributed by atoms with E-state index in [4.69, 9.17) is 27.9 Å². The fourth-order valence-corrected chi connectivity index (χ4v) is 5.22. The van der Waals surface area contributed by atoms with Crippen molar-refractivity contribution in [1.82, 2.24) is 29.4 Å². The van der Waals surface area contributed by atoms with E-state index in [1.165, 1.54) is 15.4 Å². The largest absolute Gasteiger partial charge is 0.496 e. The van der Waals surface area contributed by atoms with Crippen LogP contribution in [0.4, 0.5) is 8.78 Å². The maximum absolute atomic E-state index is 13.3. The number of pyridine rings is 1. The average molecular weight is 549 g/mol. The summed E-state index contributed by atoms with van der Waals surface area (Å²) in [5.74, 6) is 0.725. The van der Waals surface area contributed by atoms with Gasteiger partial charge in [0.15, 0.2) is 17.3 Å². The van der Waals surface area contributed by atoms with Crippen LogP contribution >= 0.6 is 34.5 Å². The summed E-state index contributed by atoms with van der Waals surface area (Å²) in [4.78, 5) is 21.8. The van der Waals surface area contributed by atoms with Gasteiger partial charge in [-0.15, -0.1) is 16.4 Å². The number of fused-ring (bicyclic) bond motifs is 1. The maximum Gasteiger partial charge on any atom is 0.282 e. The molecule has 36 heavy (non-hydrogen) atoms. The number of Topliss-reactive ketones (excluding diaryl/α,β-unsaturated/α-hetero) is 1. The minimum absolute atomic E-state index is 0.0413. The van der Waals surface area contributed by atoms with Gasteiger partial charge in [0.2, 0.25) is 0 Å². The molecule has 5 rings (SSSR count). The van der Waals surface area contributed by atoms with E-state index in [2.05, 4.69) is 20.2 Å². The summed E-state index contributed by atoms with van der Waals surface area (Å²) in [6.45, 7) is 0. The van der Waals surface area contributed by atoms with Crippen molar-refractivity contribution in [3.05, 3.63) is 69.0 Å². The van der Waals surface area contributed by atoms with Gasteiger partial charge in [0.25, 0.3) is 6.43 Å². The van der Waals surface area contributed by atoms with Crippen LogP contribution in [-0.2, 0) is 13.5 Å². The molecular weight excluding hydrogens is 533 g/mol. The van der Waals surface area contributed by atoms with Gasteiger partial charge in [-0.25, -0.2) is 23.3 Å². The Hall–Kier alpha value is -3.41. The lowest BCUT2D eigenvalue weighted by Crippen LogP contribution is -2.11. The zero-order chi connectivity index (χ0) is 25.6. The molecule has 0 amide bonds. The second-order valence-electron chi connectivity index (χ2n) is 7.70. The van der Waals surface area contributed by atoms with E-state index in [9.17, 15) is 13.6 Å². The number of methoxy groups -OCH3 is 1. The first-order valence-electron chi connectivity index (χ1n) is 10.4. The standard InChI is InChI=1S/C23H16Cl2F2N6O2S/c1-32-19(13(10-28-32)23-30-18(21(26)27)20(25)36-23)14(34)7-11-8-16(24)33-17(9-11)29-22(31-33)12-5-3-4-6-15(12)35-2/h3-6,8-10,21H,7H2,1-2H3. The number of carbonyl (C=O) groups excluding carboxylic acids is 1.